The van der Waals surface area contributed by atoms with E-state index in [9.17, 15) is 9.59 Å². The van der Waals surface area contributed by atoms with Gasteiger partial charge in [-0.15, -0.1) is 0 Å². The van der Waals surface area contributed by atoms with Crippen LogP contribution in [0.5, 0.6) is 0 Å². The van der Waals surface area contributed by atoms with Gasteiger partial charge >= 0.3 is 0 Å². The molecule has 4 nitrogen and oxygen atoms in total. The Hall–Kier alpha value is -2.62. The number of carbonyl (C=O) groups excluding carboxylic acids is 2. The van der Waals surface area contributed by atoms with Gasteiger partial charge in [0.2, 0.25) is 5.91 Å². The van der Waals surface area contributed by atoms with Crippen LogP contribution in [0.3, 0.4) is 0 Å². The van der Waals surface area contributed by atoms with Crippen LogP contribution in [0, 0.1) is 12.8 Å². The van der Waals surface area contributed by atoms with Crippen molar-refractivity contribution in [2.75, 3.05) is 24.5 Å². The first-order valence-electron chi connectivity index (χ1n) is 9.32. The van der Waals surface area contributed by atoms with E-state index in [1.165, 1.54) is 0 Å². The Bertz CT molecular complexity index is 765. The van der Waals surface area contributed by atoms with E-state index in [4.69, 9.17) is 0 Å². The molecular weight excluding hydrogens is 324 g/mol. The Morgan fingerprint density at radius 1 is 1.04 bits per heavy atom. The van der Waals surface area contributed by atoms with Crippen molar-refractivity contribution < 1.29 is 9.59 Å². The predicted molar refractivity (Wildman–Crippen MR) is 104 cm³/mol. The summed E-state index contributed by atoms with van der Waals surface area (Å²) in [7, 11) is 0. The second-order valence-electron chi connectivity index (χ2n) is 6.85. The lowest BCUT2D eigenvalue weighted by Gasteiger charge is -2.34. The maximum atomic E-state index is 13.0. The van der Waals surface area contributed by atoms with Gasteiger partial charge in [0.15, 0.2) is 0 Å². The largest absolute Gasteiger partial charge is 0.339 e. The quantitative estimate of drug-likeness (QED) is 0.839. The number of carbonyl (C=O) groups is 2. The van der Waals surface area contributed by atoms with Gasteiger partial charge in [0.1, 0.15) is 0 Å². The highest BCUT2D eigenvalue weighted by atomic mass is 16.2. The van der Waals surface area contributed by atoms with E-state index in [1.807, 2.05) is 72.2 Å². The summed E-state index contributed by atoms with van der Waals surface area (Å²) in [5.74, 6) is 0.211. The molecule has 26 heavy (non-hydrogen) atoms. The van der Waals surface area contributed by atoms with Gasteiger partial charge in [-0.05, 0) is 56.5 Å². The number of nitrogens with zero attached hydrogens (tertiary/aromatic N) is 2. The molecular formula is C22H26N2O2. The minimum atomic E-state index is -0.0183. The SMILES string of the molecule is CCN(C(=O)C1CCN(C(=O)c2ccccc2)CC1)c1cccc(C)c1. The molecule has 0 radical (unpaired) electrons. The van der Waals surface area contributed by atoms with Crippen LogP contribution in [-0.4, -0.2) is 36.3 Å². The summed E-state index contributed by atoms with van der Waals surface area (Å²) in [6, 6.07) is 17.4. The number of hydrogen-bond acceptors (Lipinski definition) is 2. The summed E-state index contributed by atoms with van der Waals surface area (Å²) in [5.41, 5.74) is 2.82. The van der Waals surface area contributed by atoms with E-state index in [2.05, 4.69) is 6.07 Å². The van der Waals surface area contributed by atoms with Crippen molar-refractivity contribution in [3.8, 4) is 0 Å². The zero-order valence-corrected chi connectivity index (χ0v) is 15.5. The molecule has 0 saturated carbocycles. The van der Waals surface area contributed by atoms with Crippen molar-refractivity contribution >= 4 is 17.5 Å². The van der Waals surface area contributed by atoms with Gasteiger partial charge in [-0.1, -0.05) is 30.3 Å². The molecule has 1 saturated heterocycles. The molecule has 4 heteroatoms. The number of piperidine rings is 1. The summed E-state index contributed by atoms with van der Waals surface area (Å²) in [5, 5.41) is 0. The first kappa shape index (κ1) is 18.2. The third-order valence-electron chi connectivity index (χ3n) is 5.05. The van der Waals surface area contributed by atoms with Crippen LogP contribution in [0.4, 0.5) is 5.69 Å². The van der Waals surface area contributed by atoms with Crippen molar-refractivity contribution in [1.29, 1.82) is 0 Å². The van der Waals surface area contributed by atoms with Crippen LogP contribution in [0.15, 0.2) is 54.6 Å². The molecule has 0 aromatic heterocycles. The Labute approximate surface area is 155 Å². The number of anilines is 1. The van der Waals surface area contributed by atoms with E-state index in [1.54, 1.807) is 0 Å². The number of aryl methyl sites for hydroxylation is 1. The predicted octanol–water partition coefficient (Wildman–Crippen LogP) is 3.90. The van der Waals surface area contributed by atoms with Gasteiger partial charge in [-0.25, -0.2) is 0 Å². The number of rotatable bonds is 4. The molecule has 0 unspecified atom stereocenters. The third kappa shape index (κ3) is 3.96. The summed E-state index contributed by atoms with van der Waals surface area (Å²) in [6.45, 7) is 5.97. The fourth-order valence-electron chi connectivity index (χ4n) is 3.57. The van der Waals surface area contributed by atoms with E-state index in [-0.39, 0.29) is 17.7 Å². The third-order valence-corrected chi connectivity index (χ3v) is 5.05. The summed E-state index contributed by atoms with van der Waals surface area (Å²) < 4.78 is 0. The standard InChI is InChI=1S/C22H26N2O2/c1-3-24(20-11-7-8-17(2)16-20)22(26)19-12-14-23(15-13-19)21(25)18-9-5-4-6-10-18/h4-11,16,19H,3,12-15H2,1-2H3. The van der Waals surface area contributed by atoms with Gasteiger partial charge in [0.05, 0.1) is 0 Å². The topological polar surface area (TPSA) is 40.6 Å². The monoisotopic (exact) mass is 350 g/mol. The maximum Gasteiger partial charge on any atom is 0.253 e. The minimum absolute atomic E-state index is 0.0183. The van der Waals surface area contributed by atoms with Gasteiger partial charge < -0.3 is 9.80 Å². The Balaban J connectivity index is 1.63. The Kier molecular flexibility index (Phi) is 5.71. The molecule has 2 amide bonds. The second kappa shape index (κ2) is 8.17. The number of hydrogen-bond donors (Lipinski definition) is 0. The highest BCUT2D eigenvalue weighted by Gasteiger charge is 2.30. The van der Waals surface area contributed by atoms with Crippen molar-refractivity contribution in [2.45, 2.75) is 26.7 Å². The van der Waals surface area contributed by atoms with Crippen molar-refractivity contribution in [1.82, 2.24) is 4.90 Å². The molecule has 0 N–H and O–H groups in total. The lowest BCUT2D eigenvalue weighted by molar-refractivity contribution is -0.123. The molecule has 136 valence electrons. The Morgan fingerprint density at radius 3 is 2.35 bits per heavy atom. The molecule has 1 heterocycles. The average molecular weight is 350 g/mol. The van der Waals surface area contributed by atoms with Gasteiger partial charge in [0.25, 0.3) is 5.91 Å². The fourth-order valence-corrected chi connectivity index (χ4v) is 3.57. The average Bonchev–Trinajstić information content (AvgIpc) is 2.69. The van der Waals surface area contributed by atoms with Crippen LogP contribution in [0.2, 0.25) is 0 Å². The molecule has 1 aliphatic heterocycles. The molecule has 2 aromatic carbocycles. The normalized spacial score (nSPS) is 14.9. The first-order chi connectivity index (χ1) is 12.6. The van der Waals surface area contributed by atoms with Crippen LogP contribution in [-0.2, 0) is 4.79 Å². The first-order valence-corrected chi connectivity index (χ1v) is 9.32. The number of benzene rings is 2. The fraction of sp³-hybridized carbons (Fsp3) is 0.364. The van der Waals surface area contributed by atoms with Gasteiger partial charge in [0, 0.05) is 36.8 Å². The van der Waals surface area contributed by atoms with Gasteiger partial charge in [-0.3, -0.25) is 9.59 Å². The van der Waals surface area contributed by atoms with Crippen molar-refractivity contribution in [2.24, 2.45) is 5.92 Å². The van der Waals surface area contributed by atoms with Gasteiger partial charge in [-0.2, -0.15) is 0 Å². The Morgan fingerprint density at radius 2 is 1.73 bits per heavy atom. The summed E-state index contributed by atoms with van der Waals surface area (Å²) in [6.07, 6.45) is 1.44. The van der Waals surface area contributed by atoms with Crippen LogP contribution < -0.4 is 4.90 Å². The summed E-state index contributed by atoms with van der Waals surface area (Å²) >= 11 is 0. The van der Waals surface area contributed by atoms with Crippen molar-refractivity contribution in [3.63, 3.8) is 0 Å². The van der Waals surface area contributed by atoms with Crippen molar-refractivity contribution in [3.05, 3.63) is 65.7 Å². The second-order valence-corrected chi connectivity index (χ2v) is 6.85. The van der Waals surface area contributed by atoms with Crippen LogP contribution in [0.25, 0.3) is 0 Å². The number of likely N-dealkylation sites (tertiary alicyclic amines) is 1. The van der Waals surface area contributed by atoms with E-state index < -0.39 is 0 Å². The number of amides is 2. The van der Waals surface area contributed by atoms with E-state index in [0.29, 0.717) is 25.2 Å². The zero-order chi connectivity index (χ0) is 18.5. The maximum absolute atomic E-state index is 13.0. The molecule has 0 aliphatic carbocycles. The smallest absolute Gasteiger partial charge is 0.253 e. The molecule has 0 spiro atoms. The lowest BCUT2D eigenvalue weighted by atomic mass is 9.94. The van der Waals surface area contributed by atoms with E-state index in [0.717, 1.165) is 24.1 Å². The van der Waals surface area contributed by atoms with Crippen LogP contribution in [0.1, 0.15) is 35.7 Å². The molecule has 3 rings (SSSR count). The zero-order valence-electron chi connectivity index (χ0n) is 15.5. The lowest BCUT2D eigenvalue weighted by Crippen LogP contribution is -2.44. The summed E-state index contributed by atoms with van der Waals surface area (Å²) in [4.78, 5) is 29.3. The minimum Gasteiger partial charge on any atom is -0.339 e. The van der Waals surface area contributed by atoms with Crippen LogP contribution >= 0.6 is 0 Å². The highest BCUT2D eigenvalue weighted by molar-refractivity contribution is 5.96. The molecule has 1 aliphatic rings. The molecule has 0 bridgehead atoms. The molecule has 2 aromatic rings. The molecule has 1 fully saturated rings. The highest BCUT2D eigenvalue weighted by Crippen LogP contribution is 2.25. The van der Waals surface area contributed by atoms with E-state index >= 15 is 0 Å². The molecule has 0 atom stereocenters.